The van der Waals surface area contributed by atoms with Gasteiger partial charge in [-0.2, -0.15) is 5.10 Å². The normalized spacial score (nSPS) is 11.8. The van der Waals surface area contributed by atoms with Crippen molar-refractivity contribution >= 4 is 34.1 Å². The van der Waals surface area contributed by atoms with E-state index in [1.54, 1.807) is 13.1 Å². The fourth-order valence-corrected chi connectivity index (χ4v) is 2.48. The SMILES string of the molecule is CCOC(=O)N[C@@H](CC(=O)N/N=C\c1ccc(Br)cc1)c1ccccc1. The van der Waals surface area contributed by atoms with Crippen molar-refractivity contribution in [1.82, 2.24) is 10.7 Å². The van der Waals surface area contributed by atoms with Crippen LogP contribution in [0.1, 0.15) is 30.5 Å². The average Bonchev–Trinajstić information content (AvgIpc) is 2.64. The van der Waals surface area contributed by atoms with Crippen LogP contribution in [0.3, 0.4) is 0 Å². The van der Waals surface area contributed by atoms with Crippen molar-refractivity contribution < 1.29 is 14.3 Å². The molecule has 1 atom stereocenters. The van der Waals surface area contributed by atoms with Crippen molar-refractivity contribution in [1.29, 1.82) is 0 Å². The summed E-state index contributed by atoms with van der Waals surface area (Å²) >= 11 is 3.36. The highest BCUT2D eigenvalue weighted by atomic mass is 79.9. The van der Waals surface area contributed by atoms with E-state index in [2.05, 4.69) is 31.8 Å². The molecule has 0 aromatic heterocycles. The molecular weight excluding hydrogens is 398 g/mol. The van der Waals surface area contributed by atoms with Gasteiger partial charge in [0.25, 0.3) is 0 Å². The zero-order chi connectivity index (χ0) is 18.8. The molecule has 26 heavy (non-hydrogen) atoms. The summed E-state index contributed by atoms with van der Waals surface area (Å²) in [6.45, 7) is 1.98. The molecule has 6 nitrogen and oxygen atoms in total. The zero-order valence-electron chi connectivity index (χ0n) is 14.3. The van der Waals surface area contributed by atoms with Gasteiger partial charge in [0, 0.05) is 4.47 Å². The second-order valence-electron chi connectivity index (χ2n) is 5.38. The van der Waals surface area contributed by atoms with E-state index in [9.17, 15) is 9.59 Å². The number of hydrogen-bond donors (Lipinski definition) is 2. The molecule has 0 bridgehead atoms. The highest BCUT2D eigenvalue weighted by molar-refractivity contribution is 9.10. The Balaban J connectivity index is 1.96. The molecule has 7 heteroatoms. The Morgan fingerprint density at radius 1 is 1.15 bits per heavy atom. The molecule has 0 radical (unpaired) electrons. The number of benzene rings is 2. The molecule has 0 unspecified atom stereocenters. The molecule has 0 spiro atoms. The molecular formula is C19H20BrN3O3. The number of carbonyl (C=O) groups excluding carboxylic acids is 2. The minimum Gasteiger partial charge on any atom is -0.450 e. The van der Waals surface area contributed by atoms with Gasteiger partial charge in [0.1, 0.15) is 0 Å². The number of nitrogens with zero attached hydrogens (tertiary/aromatic N) is 1. The van der Waals surface area contributed by atoms with Crippen molar-refractivity contribution in [3.63, 3.8) is 0 Å². The lowest BCUT2D eigenvalue weighted by Gasteiger charge is -2.18. The van der Waals surface area contributed by atoms with E-state index < -0.39 is 12.1 Å². The number of rotatable bonds is 7. The first-order valence-corrected chi connectivity index (χ1v) is 8.93. The number of ether oxygens (including phenoxy) is 1. The third-order valence-electron chi connectivity index (χ3n) is 3.43. The van der Waals surface area contributed by atoms with Crippen LogP contribution in [-0.2, 0) is 9.53 Å². The average molecular weight is 418 g/mol. The zero-order valence-corrected chi connectivity index (χ0v) is 15.9. The number of carbonyl (C=O) groups is 2. The molecule has 2 N–H and O–H groups in total. The number of hydrazone groups is 1. The van der Waals surface area contributed by atoms with Crippen molar-refractivity contribution in [2.75, 3.05) is 6.61 Å². The number of hydrogen-bond acceptors (Lipinski definition) is 4. The molecule has 0 aliphatic rings. The van der Waals surface area contributed by atoms with Gasteiger partial charge in [-0.05, 0) is 30.2 Å². The molecule has 2 aromatic rings. The van der Waals surface area contributed by atoms with Gasteiger partial charge >= 0.3 is 6.09 Å². The summed E-state index contributed by atoms with van der Waals surface area (Å²) in [6.07, 6.45) is 1.04. The van der Waals surface area contributed by atoms with Crippen LogP contribution in [0.5, 0.6) is 0 Å². The summed E-state index contributed by atoms with van der Waals surface area (Å²) in [6, 6.07) is 16.3. The Labute approximate surface area is 160 Å². The van der Waals surface area contributed by atoms with Crippen LogP contribution in [0.4, 0.5) is 4.79 Å². The van der Waals surface area contributed by atoms with Crippen LogP contribution < -0.4 is 10.7 Å². The van der Waals surface area contributed by atoms with Crippen LogP contribution in [0, 0.1) is 0 Å². The maximum absolute atomic E-state index is 12.2. The van der Waals surface area contributed by atoms with E-state index in [1.807, 2.05) is 54.6 Å². The fraction of sp³-hybridized carbons (Fsp3) is 0.211. The summed E-state index contributed by atoms with van der Waals surface area (Å²) in [5.41, 5.74) is 4.15. The first-order valence-electron chi connectivity index (χ1n) is 8.14. The van der Waals surface area contributed by atoms with E-state index in [-0.39, 0.29) is 18.9 Å². The fourth-order valence-electron chi connectivity index (χ4n) is 2.21. The van der Waals surface area contributed by atoms with Gasteiger partial charge in [-0.3, -0.25) is 4.79 Å². The maximum Gasteiger partial charge on any atom is 0.407 e. The summed E-state index contributed by atoms with van der Waals surface area (Å²) in [5, 5.41) is 6.65. The molecule has 2 aromatic carbocycles. The third kappa shape index (κ3) is 6.68. The summed E-state index contributed by atoms with van der Waals surface area (Å²) in [5.74, 6) is -0.316. The number of nitrogens with one attached hydrogen (secondary N) is 2. The Hall–Kier alpha value is -2.67. The Morgan fingerprint density at radius 3 is 2.50 bits per heavy atom. The third-order valence-corrected chi connectivity index (χ3v) is 3.96. The maximum atomic E-state index is 12.2. The monoisotopic (exact) mass is 417 g/mol. The van der Waals surface area contributed by atoms with E-state index in [1.165, 1.54) is 0 Å². The second kappa shape index (κ2) is 10.4. The molecule has 0 aliphatic carbocycles. The molecule has 2 amide bonds. The molecule has 0 saturated heterocycles. The van der Waals surface area contributed by atoms with Gasteiger partial charge in [-0.25, -0.2) is 10.2 Å². The number of alkyl carbamates (subject to hydrolysis) is 1. The lowest BCUT2D eigenvalue weighted by molar-refractivity contribution is -0.121. The first kappa shape index (κ1) is 19.7. The van der Waals surface area contributed by atoms with Gasteiger partial charge in [0.15, 0.2) is 0 Å². The smallest absolute Gasteiger partial charge is 0.407 e. The highest BCUT2D eigenvalue weighted by Gasteiger charge is 2.18. The van der Waals surface area contributed by atoms with Crippen LogP contribution in [-0.4, -0.2) is 24.8 Å². The predicted molar refractivity (Wildman–Crippen MR) is 104 cm³/mol. The standard InChI is InChI=1S/C19H20BrN3O3/c1-2-26-19(25)22-17(15-6-4-3-5-7-15)12-18(24)23-21-13-14-8-10-16(20)11-9-14/h3-11,13,17H,2,12H2,1H3,(H,22,25)(H,23,24)/b21-13-/t17-/m0/s1. The van der Waals surface area contributed by atoms with Crippen molar-refractivity contribution in [3.05, 3.63) is 70.2 Å². The minimum absolute atomic E-state index is 0.0422. The van der Waals surface area contributed by atoms with Crippen LogP contribution in [0.15, 0.2) is 64.2 Å². The summed E-state index contributed by atoms with van der Waals surface area (Å²) in [4.78, 5) is 23.9. The van der Waals surface area contributed by atoms with Crippen molar-refractivity contribution in [3.8, 4) is 0 Å². The van der Waals surface area contributed by atoms with Crippen LogP contribution in [0.25, 0.3) is 0 Å². The highest BCUT2D eigenvalue weighted by Crippen LogP contribution is 2.16. The van der Waals surface area contributed by atoms with E-state index >= 15 is 0 Å². The van der Waals surface area contributed by atoms with E-state index in [0.29, 0.717) is 0 Å². The molecule has 0 aliphatic heterocycles. The van der Waals surface area contributed by atoms with Gasteiger partial charge in [0.2, 0.25) is 5.91 Å². The largest absolute Gasteiger partial charge is 0.450 e. The summed E-state index contributed by atoms with van der Waals surface area (Å²) < 4.78 is 5.88. The minimum atomic E-state index is -0.562. The molecule has 0 fully saturated rings. The molecule has 2 rings (SSSR count). The van der Waals surface area contributed by atoms with Gasteiger partial charge < -0.3 is 10.1 Å². The first-order chi connectivity index (χ1) is 12.6. The number of amides is 2. The van der Waals surface area contributed by atoms with Gasteiger partial charge in [-0.15, -0.1) is 0 Å². The van der Waals surface area contributed by atoms with Gasteiger partial charge in [0.05, 0.1) is 25.3 Å². The van der Waals surface area contributed by atoms with Gasteiger partial charge in [-0.1, -0.05) is 58.4 Å². The van der Waals surface area contributed by atoms with Crippen molar-refractivity contribution in [2.24, 2.45) is 5.10 Å². The Kier molecular flexibility index (Phi) is 7.82. The second-order valence-corrected chi connectivity index (χ2v) is 6.29. The topological polar surface area (TPSA) is 79.8 Å². The molecule has 0 saturated carbocycles. The molecule has 136 valence electrons. The van der Waals surface area contributed by atoms with Crippen LogP contribution in [0.2, 0.25) is 0 Å². The lowest BCUT2D eigenvalue weighted by atomic mass is 10.0. The van der Waals surface area contributed by atoms with E-state index in [0.717, 1.165) is 15.6 Å². The van der Waals surface area contributed by atoms with Crippen molar-refractivity contribution in [2.45, 2.75) is 19.4 Å². The summed E-state index contributed by atoms with van der Waals surface area (Å²) in [7, 11) is 0. The Morgan fingerprint density at radius 2 is 1.85 bits per heavy atom. The molecule has 0 heterocycles. The predicted octanol–water partition coefficient (Wildman–Crippen LogP) is 3.78. The van der Waals surface area contributed by atoms with E-state index in [4.69, 9.17) is 4.74 Å². The lowest BCUT2D eigenvalue weighted by Crippen LogP contribution is -2.33. The quantitative estimate of drug-likeness (QED) is 0.531. The number of halogens is 1. The Bertz CT molecular complexity index is 748. The van der Waals surface area contributed by atoms with Crippen LogP contribution >= 0.6 is 15.9 Å².